The SMILES string of the molecule is CC[C@H](N)c1nc(-c2ncc(C)cc2C)no1. The average molecular weight is 232 g/mol. The normalized spacial score (nSPS) is 12.7. The molecule has 0 spiro atoms. The number of pyridine rings is 1. The van der Waals surface area contributed by atoms with Crippen molar-refractivity contribution in [3.63, 3.8) is 0 Å². The third-order valence-electron chi connectivity index (χ3n) is 2.63. The fourth-order valence-electron chi connectivity index (χ4n) is 1.61. The van der Waals surface area contributed by atoms with Crippen molar-refractivity contribution in [3.8, 4) is 11.5 Å². The van der Waals surface area contributed by atoms with E-state index in [1.807, 2.05) is 26.8 Å². The highest BCUT2D eigenvalue weighted by atomic mass is 16.5. The Labute approximate surface area is 100 Å². The van der Waals surface area contributed by atoms with Crippen LogP contribution in [0.25, 0.3) is 11.5 Å². The maximum absolute atomic E-state index is 5.83. The summed E-state index contributed by atoms with van der Waals surface area (Å²) in [4.78, 5) is 8.60. The van der Waals surface area contributed by atoms with Crippen molar-refractivity contribution < 1.29 is 4.52 Å². The third-order valence-corrected chi connectivity index (χ3v) is 2.63. The molecule has 0 bridgehead atoms. The Morgan fingerprint density at radius 2 is 2.18 bits per heavy atom. The molecule has 2 rings (SSSR count). The lowest BCUT2D eigenvalue weighted by Gasteiger charge is -2.01. The highest BCUT2D eigenvalue weighted by Gasteiger charge is 2.15. The molecule has 17 heavy (non-hydrogen) atoms. The Morgan fingerprint density at radius 3 is 2.82 bits per heavy atom. The molecule has 0 aliphatic heterocycles. The van der Waals surface area contributed by atoms with Gasteiger partial charge < -0.3 is 10.3 Å². The van der Waals surface area contributed by atoms with Gasteiger partial charge in [0.05, 0.1) is 6.04 Å². The summed E-state index contributed by atoms with van der Waals surface area (Å²) >= 11 is 0. The molecule has 2 aromatic rings. The predicted molar refractivity (Wildman–Crippen MR) is 64.2 cm³/mol. The van der Waals surface area contributed by atoms with Gasteiger partial charge >= 0.3 is 0 Å². The van der Waals surface area contributed by atoms with Crippen LogP contribution < -0.4 is 5.73 Å². The van der Waals surface area contributed by atoms with Gasteiger partial charge in [0, 0.05) is 6.20 Å². The van der Waals surface area contributed by atoms with Crippen LogP contribution in [0.5, 0.6) is 0 Å². The predicted octanol–water partition coefficient (Wildman–Crippen LogP) is 2.16. The zero-order chi connectivity index (χ0) is 12.4. The minimum atomic E-state index is -0.206. The standard InChI is InChI=1S/C12H16N4O/c1-4-9(13)12-15-11(16-17-12)10-8(3)5-7(2)6-14-10/h5-6,9H,4,13H2,1-3H3/t9-/m0/s1. The molecule has 0 unspecified atom stereocenters. The summed E-state index contributed by atoms with van der Waals surface area (Å²) < 4.78 is 5.13. The van der Waals surface area contributed by atoms with Crippen LogP contribution in [0.3, 0.4) is 0 Å². The van der Waals surface area contributed by atoms with Crippen molar-refractivity contribution >= 4 is 0 Å². The summed E-state index contributed by atoms with van der Waals surface area (Å²) in [6.07, 6.45) is 2.56. The van der Waals surface area contributed by atoms with Gasteiger partial charge in [0.15, 0.2) is 0 Å². The molecule has 0 saturated carbocycles. The van der Waals surface area contributed by atoms with Crippen LogP contribution in [0.15, 0.2) is 16.8 Å². The molecule has 0 saturated heterocycles. The second kappa shape index (κ2) is 4.63. The van der Waals surface area contributed by atoms with E-state index in [4.69, 9.17) is 10.3 Å². The van der Waals surface area contributed by atoms with Crippen LogP contribution in [0.4, 0.5) is 0 Å². The topological polar surface area (TPSA) is 77.8 Å². The lowest BCUT2D eigenvalue weighted by molar-refractivity contribution is 0.352. The summed E-state index contributed by atoms with van der Waals surface area (Å²) in [6.45, 7) is 5.95. The molecule has 2 heterocycles. The van der Waals surface area contributed by atoms with E-state index >= 15 is 0 Å². The van der Waals surface area contributed by atoms with Crippen molar-refractivity contribution in [1.29, 1.82) is 0 Å². The lowest BCUT2D eigenvalue weighted by atomic mass is 10.1. The zero-order valence-electron chi connectivity index (χ0n) is 10.3. The van der Waals surface area contributed by atoms with Crippen molar-refractivity contribution in [2.24, 2.45) is 5.73 Å². The monoisotopic (exact) mass is 232 g/mol. The van der Waals surface area contributed by atoms with Gasteiger partial charge in [0.25, 0.3) is 0 Å². The summed E-state index contributed by atoms with van der Waals surface area (Å²) in [5.74, 6) is 0.964. The molecule has 5 heteroatoms. The van der Waals surface area contributed by atoms with Gasteiger partial charge in [-0.3, -0.25) is 4.98 Å². The average Bonchev–Trinajstić information content (AvgIpc) is 2.77. The van der Waals surface area contributed by atoms with Gasteiger partial charge in [-0.15, -0.1) is 0 Å². The van der Waals surface area contributed by atoms with Crippen molar-refractivity contribution in [3.05, 3.63) is 29.3 Å². The van der Waals surface area contributed by atoms with E-state index in [1.165, 1.54) is 0 Å². The number of nitrogens with zero attached hydrogens (tertiary/aromatic N) is 3. The summed E-state index contributed by atoms with van der Waals surface area (Å²) in [7, 11) is 0. The highest BCUT2D eigenvalue weighted by Crippen LogP contribution is 2.20. The number of aryl methyl sites for hydroxylation is 2. The van der Waals surface area contributed by atoms with Gasteiger partial charge in [-0.05, 0) is 31.4 Å². The van der Waals surface area contributed by atoms with Crippen LogP contribution in [-0.2, 0) is 0 Å². The van der Waals surface area contributed by atoms with E-state index in [0.717, 1.165) is 23.2 Å². The Morgan fingerprint density at radius 1 is 1.41 bits per heavy atom. The summed E-state index contributed by atoms with van der Waals surface area (Å²) in [5, 5.41) is 3.92. The second-order valence-electron chi connectivity index (χ2n) is 4.15. The van der Waals surface area contributed by atoms with Crippen molar-refractivity contribution in [1.82, 2.24) is 15.1 Å². The van der Waals surface area contributed by atoms with Gasteiger partial charge in [0.2, 0.25) is 11.7 Å². The fourth-order valence-corrected chi connectivity index (χ4v) is 1.61. The lowest BCUT2D eigenvalue weighted by Crippen LogP contribution is -2.08. The van der Waals surface area contributed by atoms with Crippen molar-refractivity contribution in [2.75, 3.05) is 0 Å². The van der Waals surface area contributed by atoms with Gasteiger partial charge in [-0.1, -0.05) is 18.1 Å². The van der Waals surface area contributed by atoms with E-state index in [9.17, 15) is 0 Å². The molecule has 5 nitrogen and oxygen atoms in total. The Bertz CT molecular complexity index is 521. The Kier molecular flexibility index (Phi) is 3.19. The Hall–Kier alpha value is -1.75. The van der Waals surface area contributed by atoms with Crippen molar-refractivity contribution in [2.45, 2.75) is 33.2 Å². The zero-order valence-corrected chi connectivity index (χ0v) is 10.3. The van der Waals surface area contributed by atoms with Gasteiger partial charge in [0.1, 0.15) is 5.69 Å². The van der Waals surface area contributed by atoms with Crippen LogP contribution in [0, 0.1) is 13.8 Å². The fraction of sp³-hybridized carbons (Fsp3) is 0.417. The number of hydrogen-bond acceptors (Lipinski definition) is 5. The first kappa shape index (κ1) is 11.7. The molecular formula is C12H16N4O. The molecule has 0 radical (unpaired) electrons. The molecular weight excluding hydrogens is 216 g/mol. The molecule has 0 aliphatic rings. The minimum absolute atomic E-state index is 0.206. The summed E-state index contributed by atoms with van der Waals surface area (Å²) in [6, 6.07) is 1.83. The first-order valence-corrected chi connectivity index (χ1v) is 5.64. The molecule has 2 N–H and O–H groups in total. The van der Waals surface area contributed by atoms with E-state index < -0.39 is 0 Å². The van der Waals surface area contributed by atoms with Crippen LogP contribution in [-0.4, -0.2) is 15.1 Å². The quantitative estimate of drug-likeness (QED) is 0.877. The van der Waals surface area contributed by atoms with Gasteiger partial charge in [-0.25, -0.2) is 0 Å². The van der Waals surface area contributed by atoms with Crippen LogP contribution >= 0.6 is 0 Å². The van der Waals surface area contributed by atoms with E-state index in [2.05, 4.69) is 15.1 Å². The molecule has 1 atom stereocenters. The first-order chi connectivity index (χ1) is 8.11. The second-order valence-corrected chi connectivity index (χ2v) is 4.15. The molecule has 2 aromatic heterocycles. The molecule has 90 valence electrons. The first-order valence-electron chi connectivity index (χ1n) is 5.64. The summed E-state index contributed by atoms with van der Waals surface area (Å²) in [5.41, 5.74) is 8.72. The number of aromatic nitrogens is 3. The molecule has 0 fully saturated rings. The third kappa shape index (κ3) is 2.34. The molecule has 0 aliphatic carbocycles. The number of nitrogens with two attached hydrogens (primary N) is 1. The largest absolute Gasteiger partial charge is 0.337 e. The highest BCUT2D eigenvalue weighted by molar-refractivity contribution is 5.54. The minimum Gasteiger partial charge on any atom is -0.337 e. The molecule has 0 aromatic carbocycles. The van der Waals surface area contributed by atoms with E-state index in [1.54, 1.807) is 6.20 Å². The Balaban J connectivity index is 2.37. The maximum atomic E-state index is 5.83. The van der Waals surface area contributed by atoms with Gasteiger partial charge in [-0.2, -0.15) is 4.98 Å². The number of hydrogen-bond donors (Lipinski definition) is 1. The number of rotatable bonds is 3. The maximum Gasteiger partial charge on any atom is 0.243 e. The van der Waals surface area contributed by atoms with Crippen LogP contribution in [0.1, 0.15) is 36.4 Å². The van der Waals surface area contributed by atoms with E-state index in [-0.39, 0.29) is 6.04 Å². The molecule has 0 amide bonds. The van der Waals surface area contributed by atoms with Crippen LogP contribution in [0.2, 0.25) is 0 Å². The van der Waals surface area contributed by atoms with E-state index in [0.29, 0.717) is 11.7 Å². The smallest absolute Gasteiger partial charge is 0.243 e.